The zero-order valence-electron chi connectivity index (χ0n) is 16.5. The van der Waals surface area contributed by atoms with Crippen molar-refractivity contribution in [2.45, 2.75) is 39.2 Å². The van der Waals surface area contributed by atoms with Crippen LogP contribution in [-0.4, -0.2) is 43.5 Å². The molecule has 31 heavy (non-hydrogen) atoms. The van der Waals surface area contributed by atoms with Crippen LogP contribution >= 0.6 is 0 Å². The summed E-state index contributed by atoms with van der Waals surface area (Å²) >= 11 is 0. The van der Waals surface area contributed by atoms with Crippen LogP contribution in [0.25, 0.3) is 16.9 Å². The van der Waals surface area contributed by atoms with Crippen LogP contribution in [0.2, 0.25) is 0 Å². The first-order valence-corrected chi connectivity index (χ1v) is 9.01. The van der Waals surface area contributed by atoms with Gasteiger partial charge < -0.3 is 9.47 Å². The third-order valence-electron chi connectivity index (χ3n) is 4.00. The molecule has 13 heteroatoms. The smallest absolute Gasteiger partial charge is 0.425 e. The lowest BCUT2D eigenvalue weighted by Gasteiger charge is -2.17. The van der Waals surface area contributed by atoms with E-state index in [9.17, 15) is 26.3 Å². The number of ether oxygens (including phenoxy) is 2. The molecular weight excluding hydrogens is 432 g/mol. The molecule has 0 amide bonds. The van der Waals surface area contributed by atoms with Crippen molar-refractivity contribution < 1.29 is 35.8 Å². The molecule has 1 unspecified atom stereocenters. The number of hydrogen-bond acceptors (Lipinski definition) is 6. The minimum atomic E-state index is -4.70. The highest BCUT2D eigenvalue weighted by atomic mass is 19.4. The van der Waals surface area contributed by atoms with E-state index in [1.807, 2.05) is 0 Å². The molecule has 168 valence electrons. The fourth-order valence-corrected chi connectivity index (χ4v) is 2.37. The van der Waals surface area contributed by atoms with Crippen LogP contribution in [0.1, 0.15) is 26.6 Å². The van der Waals surface area contributed by atoms with Crippen molar-refractivity contribution in [3.63, 3.8) is 0 Å². The highest BCUT2D eigenvalue weighted by molar-refractivity contribution is 5.59. The second-order valence-electron chi connectivity index (χ2n) is 7.06. The fraction of sp³-hybridized carbons (Fsp3) is 0.444. The molecule has 0 saturated heterocycles. The lowest BCUT2D eigenvalue weighted by molar-refractivity contribution is -0.258. The second kappa shape index (κ2) is 8.29. The van der Waals surface area contributed by atoms with Crippen molar-refractivity contribution in [1.29, 1.82) is 0 Å². The largest absolute Gasteiger partial charge is 0.463 e. The Kier molecular flexibility index (Phi) is 6.07. The maximum absolute atomic E-state index is 14.4. The van der Waals surface area contributed by atoms with Crippen LogP contribution in [0, 0.1) is 11.7 Å². The summed E-state index contributed by atoms with van der Waals surface area (Å²) in [7, 11) is 0. The molecule has 0 bridgehead atoms. The van der Waals surface area contributed by atoms with Gasteiger partial charge >= 0.3 is 12.3 Å². The summed E-state index contributed by atoms with van der Waals surface area (Å²) in [6.45, 7) is 3.88. The van der Waals surface area contributed by atoms with Crippen LogP contribution < -0.4 is 4.74 Å². The van der Waals surface area contributed by atoms with Gasteiger partial charge in [-0.2, -0.15) is 22.0 Å². The van der Waals surface area contributed by atoms with Crippen molar-refractivity contribution in [2.75, 3.05) is 6.61 Å². The van der Waals surface area contributed by atoms with Crippen LogP contribution in [-0.2, 0) is 10.8 Å². The summed E-state index contributed by atoms with van der Waals surface area (Å²) in [5, 5.41) is 7.06. The number of nitrogens with zero attached hydrogens (tertiary/aromatic N) is 5. The molecular formula is C18H17F6N5O2. The molecule has 0 spiro atoms. The van der Waals surface area contributed by atoms with Gasteiger partial charge in [-0.1, -0.05) is 13.8 Å². The van der Waals surface area contributed by atoms with E-state index in [4.69, 9.17) is 0 Å². The van der Waals surface area contributed by atoms with Gasteiger partial charge in [-0.25, -0.2) is 9.37 Å². The Hall–Kier alpha value is -2.96. The van der Waals surface area contributed by atoms with Crippen LogP contribution in [0.3, 0.4) is 0 Å². The maximum Gasteiger partial charge on any atom is 0.425 e. The van der Waals surface area contributed by atoms with E-state index in [-0.39, 0.29) is 29.4 Å². The summed E-state index contributed by atoms with van der Waals surface area (Å²) < 4.78 is 90.9. The number of aromatic nitrogens is 5. The van der Waals surface area contributed by atoms with Crippen LogP contribution in [0.15, 0.2) is 24.7 Å². The average Bonchev–Trinajstić information content (AvgIpc) is 3.11. The molecule has 3 aromatic rings. The molecule has 0 N–H and O–H groups in total. The van der Waals surface area contributed by atoms with Gasteiger partial charge in [-0.15, -0.1) is 10.2 Å². The van der Waals surface area contributed by atoms with E-state index in [0.717, 1.165) is 29.1 Å². The average molecular weight is 449 g/mol. The third kappa shape index (κ3) is 5.03. The Bertz CT molecular complexity index is 1070. The topological polar surface area (TPSA) is 74.4 Å². The maximum atomic E-state index is 14.4. The number of rotatable bonds is 7. The number of pyridine rings is 1. The minimum absolute atomic E-state index is 0.00460. The second-order valence-corrected chi connectivity index (χ2v) is 7.06. The van der Waals surface area contributed by atoms with Gasteiger partial charge in [0.2, 0.25) is 5.82 Å². The summed E-state index contributed by atoms with van der Waals surface area (Å²) in [5.74, 6) is -2.99. The first kappa shape index (κ1) is 22.7. The molecule has 7 nitrogen and oxygen atoms in total. The fourth-order valence-electron chi connectivity index (χ4n) is 2.37. The summed E-state index contributed by atoms with van der Waals surface area (Å²) in [5.41, 5.74) is -0.00790. The van der Waals surface area contributed by atoms with Gasteiger partial charge in [-0.05, 0) is 18.9 Å². The Balaban J connectivity index is 1.92. The first-order valence-electron chi connectivity index (χ1n) is 9.01. The van der Waals surface area contributed by atoms with E-state index >= 15 is 0 Å². The van der Waals surface area contributed by atoms with E-state index in [1.165, 1.54) is 0 Å². The molecule has 3 rings (SSSR count). The Morgan fingerprint density at radius 3 is 2.35 bits per heavy atom. The Morgan fingerprint density at radius 1 is 1.03 bits per heavy atom. The van der Waals surface area contributed by atoms with E-state index < -0.39 is 35.9 Å². The molecule has 0 radical (unpaired) electrons. The molecule has 0 aliphatic heterocycles. The molecule has 0 fully saturated rings. The van der Waals surface area contributed by atoms with E-state index in [1.54, 1.807) is 13.8 Å². The molecule has 1 atom stereocenters. The molecule has 0 aliphatic carbocycles. The molecule has 0 aromatic carbocycles. The zero-order chi connectivity index (χ0) is 23.0. The third-order valence-corrected chi connectivity index (χ3v) is 4.00. The van der Waals surface area contributed by atoms with Crippen molar-refractivity contribution in [1.82, 2.24) is 24.6 Å². The van der Waals surface area contributed by atoms with E-state index in [2.05, 4.69) is 29.6 Å². The van der Waals surface area contributed by atoms with Crippen molar-refractivity contribution in [3.05, 3.63) is 36.3 Å². The van der Waals surface area contributed by atoms with Gasteiger partial charge in [0.05, 0.1) is 18.5 Å². The van der Waals surface area contributed by atoms with Gasteiger partial charge in [0.1, 0.15) is 0 Å². The lowest BCUT2D eigenvalue weighted by atomic mass is 10.2. The van der Waals surface area contributed by atoms with Crippen molar-refractivity contribution in [2.24, 2.45) is 5.92 Å². The molecule has 3 heterocycles. The number of hydrogen-bond donors (Lipinski definition) is 0. The van der Waals surface area contributed by atoms with Crippen LogP contribution in [0.4, 0.5) is 26.3 Å². The Morgan fingerprint density at radius 2 is 1.74 bits per heavy atom. The number of halogens is 6. The molecule has 3 aromatic heterocycles. The Labute approximate surface area is 172 Å². The summed E-state index contributed by atoms with van der Waals surface area (Å²) in [6, 6.07) is 0.830. The highest BCUT2D eigenvalue weighted by Gasteiger charge is 2.40. The molecule has 0 saturated carbocycles. The quantitative estimate of drug-likeness (QED) is 0.499. The molecule has 0 aliphatic rings. The van der Waals surface area contributed by atoms with Gasteiger partial charge in [0, 0.05) is 18.0 Å². The standard InChI is InChI=1S/C18H17F6N5O2/c1-9(2)8-30-18(23,24)16-28-27-14-6-25-13(7-29(14)16)11-4-12(19)15(26-5-11)31-10(3)17(20,21)22/h4-7,9-10H,8H2,1-3H3. The lowest BCUT2D eigenvalue weighted by Crippen LogP contribution is -2.31. The SMILES string of the molecule is CC(C)COC(F)(F)c1nnc2cnc(-c3cnc(OC(C)C(F)(F)F)c(F)c3)cn12. The minimum Gasteiger partial charge on any atom is -0.463 e. The first-order chi connectivity index (χ1) is 14.4. The van der Waals surface area contributed by atoms with Crippen molar-refractivity contribution in [3.8, 4) is 17.1 Å². The van der Waals surface area contributed by atoms with Crippen LogP contribution in [0.5, 0.6) is 5.88 Å². The van der Waals surface area contributed by atoms with E-state index in [0.29, 0.717) is 6.92 Å². The summed E-state index contributed by atoms with van der Waals surface area (Å²) in [6.07, 6.45) is -7.48. The highest BCUT2D eigenvalue weighted by Crippen LogP contribution is 2.31. The van der Waals surface area contributed by atoms with Gasteiger partial charge in [0.15, 0.2) is 17.6 Å². The van der Waals surface area contributed by atoms with Gasteiger partial charge in [-0.3, -0.25) is 9.38 Å². The number of fused-ring (bicyclic) bond motifs is 1. The zero-order valence-corrected chi connectivity index (χ0v) is 16.5. The monoisotopic (exact) mass is 449 g/mol. The predicted molar refractivity (Wildman–Crippen MR) is 94.8 cm³/mol. The predicted octanol–water partition coefficient (Wildman–Crippen LogP) is 4.38. The van der Waals surface area contributed by atoms with Gasteiger partial charge in [0.25, 0.3) is 5.88 Å². The number of alkyl halides is 5. The van der Waals surface area contributed by atoms with Crippen molar-refractivity contribution >= 4 is 5.65 Å². The normalized spacial score (nSPS) is 13.7. The summed E-state index contributed by atoms with van der Waals surface area (Å²) in [4.78, 5) is 7.53.